The zero-order chi connectivity index (χ0) is 13.4. The molecule has 1 saturated heterocycles. The van der Waals surface area contributed by atoms with E-state index in [9.17, 15) is 0 Å². The van der Waals surface area contributed by atoms with Gasteiger partial charge >= 0.3 is 0 Å². The van der Waals surface area contributed by atoms with Gasteiger partial charge in [-0.2, -0.15) is 0 Å². The summed E-state index contributed by atoms with van der Waals surface area (Å²) < 4.78 is 2.15. The molecule has 0 radical (unpaired) electrons. The van der Waals surface area contributed by atoms with Gasteiger partial charge in [-0.1, -0.05) is 19.3 Å². The molecule has 4 rings (SSSR count). The highest BCUT2D eigenvalue weighted by Crippen LogP contribution is 2.35. The fraction of sp³-hybridized carbons (Fsp3) is 0.667. The number of hydrogen-bond acceptors (Lipinski definition) is 4. The van der Waals surface area contributed by atoms with E-state index in [2.05, 4.69) is 32.4 Å². The minimum absolute atomic E-state index is 0.396. The molecule has 1 N–H and O–H groups in total. The first-order valence-corrected chi connectivity index (χ1v) is 8.61. The number of thiazole rings is 1. The summed E-state index contributed by atoms with van der Waals surface area (Å²) in [6.45, 7) is 4.44. The molecule has 1 aliphatic heterocycles. The lowest BCUT2D eigenvalue weighted by Gasteiger charge is -2.49. The number of fused-ring (bicyclic) bond motifs is 1. The quantitative estimate of drug-likeness (QED) is 0.922. The van der Waals surface area contributed by atoms with Gasteiger partial charge in [0, 0.05) is 49.5 Å². The largest absolute Gasteiger partial charge is 0.314 e. The first kappa shape index (κ1) is 12.8. The Labute approximate surface area is 123 Å². The first-order valence-electron chi connectivity index (χ1n) is 7.73. The van der Waals surface area contributed by atoms with E-state index in [1.165, 1.54) is 37.8 Å². The van der Waals surface area contributed by atoms with E-state index in [0.717, 1.165) is 31.1 Å². The van der Waals surface area contributed by atoms with Gasteiger partial charge in [-0.15, -0.1) is 11.3 Å². The lowest BCUT2D eigenvalue weighted by molar-refractivity contribution is 0.0200. The molecule has 2 aromatic heterocycles. The predicted octanol–water partition coefficient (Wildman–Crippen LogP) is 2.50. The number of imidazole rings is 1. The summed E-state index contributed by atoms with van der Waals surface area (Å²) in [5.74, 6) is 0. The van der Waals surface area contributed by atoms with Crippen molar-refractivity contribution in [1.29, 1.82) is 0 Å². The fourth-order valence-electron chi connectivity index (χ4n) is 3.88. The molecule has 0 bridgehead atoms. The third-order valence-corrected chi connectivity index (χ3v) is 5.73. The molecular formula is C15H22N4S. The van der Waals surface area contributed by atoms with Crippen molar-refractivity contribution in [3.63, 3.8) is 0 Å². The van der Waals surface area contributed by atoms with Crippen LogP contribution in [0.25, 0.3) is 4.96 Å². The van der Waals surface area contributed by atoms with Gasteiger partial charge in [0.25, 0.3) is 0 Å². The predicted molar refractivity (Wildman–Crippen MR) is 82.2 cm³/mol. The van der Waals surface area contributed by atoms with Crippen molar-refractivity contribution in [3.8, 4) is 0 Å². The topological polar surface area (TPSA) is 32.6 Å². The Morgan fingerprint density at radius 3 is 3.05 bits per heavy atom. The molecule has 3 heterocycles. The van der Waals surface area contributed by atoms with Crippen molar-refractivity contribution in [2.24, 2.45) is 0 Å². The van der Waals surface area contributed by atoms with E-state index < -0.39 is 0 Å². The van der Waals surface area contributed by atoms with Crippen LogP contribution in [0, 0.1) is 0 Å². The van der Waals surface area contributed by atoms with Gasteiger partial charge < -0.3 is 5.32 Å². The summed E-state index contributed by atoms with van der Waals surface area (Å²) >= 11 is 1.72. The molecule has 1 spiro atoms. The van der Waals surface area contributed by atoms with Gasteiger partial charge in [0.1, 0.15) is 0 Å². The number of nitrogens with zero attached hydrogens (tertiary/aromatic N) is 3. The standard InChI is InChI=1S/C15H22N4S/c1-2-4-15(5-3-1)12-16-6-7-19(15)11-13-10-18-8-9-20-14(18)17-13/h8-10,16H,1-7,11-12H2. The van der Waals surface area contributed by atoms with Gasteiger partial charge in [0.15, 0.2) is 4.96 Å². The molecule has 0 aromatic carbocycles. The Bertz CT molecular complexity index is 545. The molecule has 0 amide bonds. The van der Waals surface area contributed by atoms with Crippen molar-refractivity contribution in [1.82, 2.24) is 19.6 Å². The smallest absolute Gasteiger partial charge is 0.193 e. The van der Waals surface area contributed by atoms with Gasteiger partial charge in [-0.05, 0) is 12.8 Å². The highest BCUT2D eigenvalue weighted by atomic mass is 32.1. The van der Waals surface area contributed by atoms with Crippen LogP contribution in [0.1, 0.15) is 37.8 Å². The monoisotopic (exact) mass is 290 g/mol. The van der Waals surface area contributed by atoms with Crippen molar-refractivity contribution in [2.45, 2.75) is 44.2 Å². The van der Waals surface area contributed by atoms with E-state index in [0.29, 0.717) is 5.54 Å². The second kappa shape index (κ2) is 5.13. The Morgan fingerprint density at radius 1 is 1.30 bits per heavy atom. The second-order valence-corrected chi connectivity index (χ2v) is 7.08. The van der Waals surface area contributed by atoms with Crippen LogP contribution in [0.15, 0.2) is 17.8 Å². The summed E-state index contributed by atoms with van der Waals surface area (Å²) in [4.78, 5) is 8.59. The maximum absolute atomic E-state index is 4.76. The van der Waals surface area contributed by atoms with Crippen LogP contribution in [0.5, 0.6) is 0 Å². The van der Waals surface area contributed by atoms with E-state index in [1.54, 1.807) is 11.3 Å². The van der Waals surface area contributed by atoms with Gasteiger partial charge in [0.2, 0.25) is 0 Å². The number of nitrogens with one attached hydrogen (secondary N) is 1. The van der Waals surface area contributed by atoms with E-state index in [4.69, 9.17) is 4.98 Å². The first-order chi connectivity index (χ1) is 9.86. The molecule has 1 saturated carbocycles. The van der Waals surface area contributed by atoms with Crippen LogP contribution in [0.4, 0.5) is 0 Å². The van der Waals surface area contributed by atoms with Gasteiger partial charge in [0.05, 0.1) is 5.69 Å². The minimum Gasteiger partial charge on any atom is -0.314 e. The number of hydrogen-bond donors (Lipinski definition) is 1. The Balaban J connectivity index is 1.57. The van der Waals surface area contributed by atoms with Gasteiger partial charge in [-0.25, -0.2) is 4.98 Å². The Kier molecular flexibility index (Phi) is 3.28. The van der Waals surface area contributed by atoms with Crippen LogP contribution >= 0.6 is 11.3 Å². The lowest BCUT2D eigenvalue weighted by atomic mass is 9.79. The maximum atomic E-state index is 4.76. The molecule has 1 aliphatic carbocycles. The van der Waals surface area contributed by atoms with Crippen LogP contribution in [0.2, 0.25) is 0 Å². The average molecular weight is 290 g/mol. The van der Waals surface area contributed by atoms with Gasteiger partial charge in [-0.3, -0.25) is 9.30 Å². The second-order valence-electron chi connectivity index (χ2n) is 6.21. The minimum atomic E-state index is 0.396. The summed E-state index contributed by atoms with van der Waals surface area (Å²) in [5.41, 5.74) is 1.62. The third-order valence-electron chi connectivity index (χ3n) is 4.96. The normalized spacial score (nSPS) is 23.6. The lowest BCUT2D eigenvalue weighted by Crippen LogP contribution is -2.61. The molecule has 2 aromatic rings. The van der Waals surface area contributed by atoms with Crippen LogP contribution in [-0.4, -0.2) is 39.5 Å². The van der Waals surface area contributed by atoms with Crippen molar-refractivity contribution in [2.75, 3.05) is 19.6 Å². The van der Waals surface area contributed by atoms with Crippen molar-refractivity contribution < 1.29 is 0 Å². The highest BCUT2D eigenvalue weighted by Gasteiger charge is 2.39. The van der Waals surface area contributed by atoms with Crippen LogP contribution in [0.3, 0.4) is 0 Å². The SMILES string of the molecule is c1cn2cc(CN3CCNCC34CCCCC4)nc2s1. The Hall–Kier alpha value is -0.910. The molecule has 0 atom stereocenters. The zero-order valence-electron chi connectivity index (χ0n) is 11.8. The summed E-state index contributed by atoms with van der Waals surface area (Å²) in [7, 11) is 0. The van der Waals surface area contributed by atoms with Crippen molar-refractivity contribution >= 4 is 16.3 Å². The van der Waals surface area contributed by atoms with Crippen LogP contribution in [-0.2, 0) is 6.54 Å². The van der Waals surface area contributed by atoms with Crippen molar-refractivity contribution in [3.05, 3.63) is 23.5 Å². The molecule has 5 heteroatoms. The van der Waals surface area contributed by atoms with E-state index in [-0.39, 0.29) is 0 Å². The zero-order valence-corrected chi connectivity index (χ0v) is 12.7. The average Bonchev–Trinajstić information content (AvgIpc) is 3.04. The molecule has 0 unspecified atom stereocenters. The molecule has 108 valence electrons. The molecule has 2 fully saturated rings. The summed E-state index contributed by atoms with van der Waals surface area (Å²) in [5, 5.41) is 5.71. The van der Waals surface area contributed by atoms with E-state index in [1.807, 2.05) is 0 Å². The molecule has 20 heavy (non-hydrogen) atoms. The fourth-order valence-corrected chi connectivity index (χ4v) is 4.60. The summed E-state index contributed by atoms with van der Waals surface area (Å²) in [6.07, 6.45) is 11.2. The van der Waals surface area contributed by atoms with Crippen LogP contribution < -0.4 is 5.32 Å². The molecule has 2 aliphatic rings. The van der Waals surface area contributed by atoms with E-state index >= 15 is 0 Å². The number of piperazine rings is 1. The third kappa shape index (κ3) is 2.18. The number of rotatable bonds is 2. The molecule has 4 nitrogen and oxygen atoms in total. The Morgan fingerprint density at radius 2 is 2.20 bits per heavy atom. The highest BCUT2D eigenvalue weighted by molar-refractivity contribution is 7.15. The number of aromatic nitrogens is 2. The maximum Gasteiger partial charge on any atom is 0.193 e. The molecular weight excluding hydrogens is 268 g/mol. The summed E-state index contributed by atoms with van der Waals surface area (Å²) in [6, 6.07) is 0.